The fraction of sp³-hybridized carbons (Fsp3) is 0.308. The molecule has 1 atom stereocenters. The molecule has 1 aromatic rings. The van der Waals surface area contributed by atoms with Crippen LogP contribution in [0.15, 0.2) is 24.3 Å². The van der Waals surface area contributed by atoms with Crippen LogP contribution in [0.3, 0.4) is 0 Å². The first kappa shape index (κ1) is 13.8. The summed E-state index contributed by atoms with van der Waals surface area (Å²) in [6, 6.07) is 8.14. The second kappa shape index (κ2) is 6.54. The van der Waals surface area contributed by atoms with Gasteiger partial charge in [-0.1, -0.05) is 0 Å². The molecular formula is C13H14N4O3. The van der Waals surface area contributed by atoms with Crippen LogP contribution in [0.25, 0.3) is 0 Å². The molecule has 0 aliphatic carbocycles. The van der Waals surface area contributed by atoms with Gasteiger partial charge in [0.25, 0.3) is 0 Å². The third-order valence-corrected chi connectivity index (χ3v) is 2.75. The molecule has 1 unspecified atom stereocenters. The van der Waals surface area contributed by atoms with Crippen LogP contribution in [0.4, 0.5) is 5.69 Å². The molecule has 1 saturated heterocycles. The van der Waals surface area contributed by atoms with E-state index < -0.39 is 6.04 Å². The lowest BCUT2D eigenvalue weighted by Gasteiger charge is -2.23. The number of nitrogens with zero attached hydrogens (tertiary/aromatic N) is 1. The molecule has 7 heteroatoms. The summed E-state index contributed by atoms with van der Waals surface area (Å²) in [6.07, 6.45) is 0. The monoisotopic (exact) mass is 274 g/mol. The van der Waals surface area contributed by atoms with E-state index in [1.165, 1.54) is 0 Å². The average molecular weight is 274 g/mol. The van der Waals surface area contributed by atoms with Gasteiger partial charge in [-0.2, -0.15) is 5.26 Å². The molecule has 0 bridgehead atoms. The molecule has 0 saturated carbocycles. The van der Waals surface area contributed by atoms with Crippen LogP contribution in [0.5, 0.6) is 5.75 Å². The van der Waals surface area contributed by atoms with Crippen molar-refractivity contribution in [3.63, 3.8) is 0 Å². The largest absolute Gasteiger partial charge is 0.479 e. The Morgan fingerprint density at radius 3 is 2.80 bits per heavy atom. The van der Waals surface area contributed by atoms with E-state index in [0.717, 1.165) is 0 Å². The maximum atomic E-state index is 11.9. The molecule has 1 aliphatic rings. The molecule has 0 aromatic heterocycles. The number of rotatable bonds is 4. The molecule has 104 valence electrons. The minimum Gasteiger partial charge on any atom is -0.479 e. The zero-order valence-electron chi connectivity index (χ0n) is 10.7. The van der Waals surface area contributed by atoms with Gasteiger partial charge in [0.15, 0.2) is 6.61 Å². The van der Waals surface area contributed by atoms with Crippen LogP contribution in [0, 0.1) is 11.3 Å². The van der Waals surface area contributed by atoms with Crippen molar-refractivity contribution in [3.8, 4) is 11.8 Å². The molecule has 0 spiro atoms. The van der Waals surface area contributed by atoms with E-state index in [-0.39, 0.29) is 31.5 Å². The van der Waals surface area contributed by atoms with Crippen LogP contribution >= 0.6 is 0 Å². The molecule has 0 radical (unpaired) electrons. The highest BCUT2D eigenvalue weighted by molar-refractivity contribution is 5.96. The Balaban J connectivity index is 1.88. The Labute approximate surface area is 115 Å². The Hall–Kier alpha value is -2.59. The lowest BCUT2D eigenvalue weighted by molar-refractivity contribution is -0.124. The van der Waals surface area contributed by atoms with Crippen LogP contribution in [-0.2, 0) is 9.59 Å². The number of amides is 2. The molecular weight excluding hydrogens is 260 g/mol. The summed E-state index contributed by atoms with van der Waals surface area (Å²) in [7, 11) is 0. The normalized spacial score (nSPS) is 17.8. The van der Waals surface area contributed by atoms with Gasteiger partial charge in [-0.3, -0.25) is 14.9 Å². The predicted octanol–water partition coefficient (Wildman–Crippen LogP) is -0.385. The molecule has 1 aliphatic heterocycles. The number of nitriles is 1. The minimum atomic E-state index is -0.442. The van der Waals surface area contributed by atoms with Crippen molar-refractivity contribution < 1.29 is 14.3 Å². The van der Waals surface area contributed by atoms with Crippen LogP contribution in [0.1, 0.15) is 0 Å². The topological polar surface area (TPSA) is 103 Å². The van der Waals surface area contributed by atoms with E-state index >= 15 is 0 Å². The maximum absolute atomic E-state index is 11.9. The van der Waals surface area contributed by atoms with E-state index in [4.69, 9.17) is 10.00 Å². The molecule has 1 fully saturated rings. The van der Waals surface area contributed by atoms with Crippen LogP contribution in [-0.4, -0.2) is 37.6 Å². The first-order valence-electron chi connectivity index (χ1n) is 6.10. The summed E-state index contributed by atoms with van der Waals surface area (Å²) in [4.78, 5) is 22.9. The van der Waals surface area contributed by atoms with Crippen molar-refractivity contribution in [2.45, 2.75) is 6.04 Å². The number of hydrogen-bond acceptors (Lipinski definition) is 5. The second-order valence-corrected chi connectivity index (χ2v) is 4.20. The molecule has 7 nitrogen and oxygen atoms in total. The number of ether oxygens (including phenoxy) is 1. The molecule has 2 amide bonds. The smallest absolute Gasteiger partial charge is 0.243 e. The van der Waals surface area contributed by atoms with Crippen molar-refractivity contribution >= 4 is 17.5 Å². The van der Waals surface area contributed by atoms with E-state index in [2.05, 4.69) is 16.0 Å². The number of nitrogens with one attached hydrogen (secondary N) is 3. The number of benzene rings is 1. The second-order valence-electron chi connectivity index (χ2n) is 4.20. The Kier molecular flexibility index (Phi) is 4.52. The third kappa shape index (κ3) is 3.70. The van der Waals surface area contributed by atoms with Crippen LogP contribution in [0.2, 0.25) is 0 Å². The van der Waals surface area contributed by atoms with Crippen molar-refractivity contribution in [2.75, 3.05) is 25.0 Å². The highest BCUT2D eigenvalue weighted by Crippen LogP contribution is 2.15. The summed E-state index contributed by atoms with van der Waals surface area (Å²) < 4.78 is 5.11. The van der Waals surface area contributed by atoms with E-state index in [1.807, 2.05) is 6.07 Å². The predicted molar refractivity (Wildman–Crippen MR) is 71.0 cm³/mol. The quantitative estimate of drug-likeness (QED) is 0.694. The Bertz CT molecular complexity index is 526. The summed E-state index contributed by atoms with van der Waals surface area (Å²) in [5, 5.41) is 16.6. The first-order valence-corrected chi connectivity index (χ1v) is 6.10. The summed E-state index contributed by atoms with van der Waals surface area (Å²) in [6.45, 7) is 0.393. The standard InChI is InChI=1S/C13H14N4O3/c14-5-6-20-10-3-1-9(2-4-10)17-13(19)11-7-16-12(18)8-15-11/h1-4,11,15H,6-8H2,(H,16,18)(H,17,19). The van der Waals surface area contributed by atoms with Gasteiger partial charge in [0.05, 0.1) is 6.54 Å². The minimum absolute atomic E-state index is 0.0165. The van der Waals surface area contributed by atoms with Gasteiger partial charge in [-0.15, -0.1) is 0 Å². The number of hydrogen-bond donors (Lipinski definition) is 3. The molecule has 1 aromatic carbocycles. The van der Waals surface area contributed by atoms with Gasteiger partial charge in [-0.05, 0) is 24.3 Å². The molecule has 1 heterocycles. The van der Waals surface area contributed by atoms with Crippen molar-refractivity contribution in [2.24, 2.45) is 0 Å². The number of carbonyl (C=O) groups excluding carboxylic acids is 2. The molecule has 3 N–H and O–H groups in total. The third-order valence-electron chi connectivity index (χ3n) is 2.75. The zero-order valence-corrected chi connectivity index (χ0v) is 10.7. The highest BCUT2D eigenvalue weighted by Gasteiger charge is 2.23. The first-order chi connectivity index (χ1) is 9.69. The Morgan fingerprint density at radius 1 is 1.45 bits per heavy atom. The fourth-order valence-corrected chi connectivity index (χ4v) is 1.73. The van der Waals surface area contributed by atoms with Gasteiger partial charge >= 0.3 is 0 Å². The van der Waals surface area contributed by atoms with E-state index in [1.54, 1.807) is 24.3 Å². The van der Waals surface area contributed by atoms with E-state index in [9.17, 15) is 9.59 Å². The lowest BCUT2D eigenvalue weighted by Crippen LogP contribution is -2.56. The summed E-state index contributed by atoms with van der Waals surface area (Å²) >= 11 is 0. The zero-order chi connectivity index (χ0) is 14.4. The van der Waals surface area contributed by atoms with Crippen molar-refractivity contribution in [1.29, 1.82) is 5.26 Å². The molecule has 2 rings (SSSR count). The van der Waals surface area contributed by atoms with Gasteiger partial charge in [0.1, 0.15) is 17.9 Å². The average Bonchev–Trinajstić information content (AvgIpc) is 2.47. The fourth-order valence-electron chi connectivity index (χ4n) is 1.73. The summed E-state index contributed by atoms with van der Waals surface area (Å²) in [5.74, 6) is 0.233. The van der Waals surface area contributed by atoms with Gasteiger partial charge < -0.3 is 15.4 Å². The number of anilines is 1. The highest BCUT2D eigenvalue weighted by atomic mass is 16.5. The summed E-state index contributed by atoms with van der Waals surface area (Å²) in [5.41, 5.74) is 0.623. The van der Waals surface area contributed by atoms with Gasteiger partial charge in [0.2, 0.25) is 11.8 Å². The number of carbonyl (C=O) groups is 2. The van der Waals surface area contributed by atoms with Crippen molar-refractivity contribution in [3.05, 3.63) is 24.3 Å². The Morgan fingerprint density at radius 2 is 2.20 bits per heavy atom. The SMILES string of the molecule is N#CCOc1ccc(NC(=O)C2CNC(=O)CN2)cc1. The van der Waals surface area contributed by atoms with Crippen molar-refractivity contribution in [1.82, 2.24) is 10.6 Å². The maximum Gasteiger partial charge on any atom is 0.243 e. The number of piperazine rings is 1. The van der Waals surface area contributed by atoms with E-state index in [0.29, 0.717) is 11.4 Å². The molecule has 20 heavy (non-hydrogen) atoms. The van der Waals surface area contributed by atoms with Crippen LogP contribution < -0.4 is 20.7 Å². The lowest BCUT2D eigenvalue weighted by atomic mass is 10.2. The van der Waals surface area contributed by atoms with Gasteiger partial charge in [0, 0.05) is 12.2 Å². The van der Waals surface area contributed by atoms with Gasteiger partial charge in [-0.25, -0.2) is 0 Å².